The van der Waals surface area contributed by atoms with Crippen LogP contribution in [0, 0.1) is 46.3 Å². The molecule has 0 saturated heterocycles. The first-order valence-electron chi connectivity index (χ1n) is 15.9. The molecule has 35 heavy (non-hydrogen) atoms. The SMILES string of the molecule is CC[C@H]1CC2C3CCC(CCCCOC(=O)NC4CCCCC4)C3(C)CC[C@@H]2C2(C)CCCCC12. The Hall–Kier alpha value is -0.730. The summed E-state index contributed by atoms with van der Waals surface area (Å²) >= 11 is 0. The first-order chi connectivity index (χ1) is 17.0. The second kappa shape index (κ2) is 10.9. The van der Waals surface area contributed by atoms with Crippen molar-refractivity contribution in [1.29, 1.82) is 0 Å². The first-order valence-corrected chi connectivity index (χ1v) is 15.9. The van der Waals surface area contributed by atoms with Gasteiger partial charge in [-0.15, -0.1) is 0 Å². The zero-order valence-electron chi connectivity index (χ0n) is 23.3. The van der Waals surface area contributed by atoms with Crippen molar-refractivity contribution in [2.45, 2.75) is 142 Å². The molecule has 1 N–H and O–H groups in total. The second-order valence-electron chi connectivity index (χ2n) is 14.1. The van der Waals surface area contributed by atoms with E-state index in [1.54, 1.807) is 6.42 Å². The van der Waals surface area contributed by atoms with Crippen LogP contribution in [0.4, 0.5) is 4.79 Å². The maximum absolute atomic E-state index is 12.1. The van der Waals surface area contributed by atoms with Crippen LogP contribution >= 0.6 is 0 Å². The smallest absolute Gasteiger partial charge is 0.407 e. The minimum absolute atomic E-state index is 0.180. The van der Waals surface area contributed by atoms with Crippen molar-refractivity contribution in [3.63, 3.8) is 0 Å². The number of hydrogen-bond acceptors (Lipinski definition) is 2. The third-order valence-electron chi connectivity index (χ3n) is 12.6. The Morgan fingerprint density at radius 2 is 1.60 bits per heavy atom. The molecule has 5 saturated carbocycles. The molecule has 3 heteroatoms. The molecule has 5 aliphatic carbocycles. The van der Waals surface area contributed by atoms with Gasteiger partial charge in [-0.05, 0) is 123 Å². The van der Waals surface area contributed by atoms with Gasteiger partial charge in [0.15, 0.2) is 0 Å². The summed E-state index contributed by atoms with van der Waals surface area (Å²) in [6.45, 7) is 8.50. The highest BCUT2D eigenvalue weighted by Crippen LogP contribution is 2.69. The lowest BCUT2D eigenvalue weighted by Gasteiger charge is -2.62. The lowest BCUT2D eigenvalue weighted by Crippen LogP contribution is -2.55. The van der Waals surface area contributed by atoms with Crippen molar-refractivity contribution in [1.82, 2.24) is 5.32 Å². The third-order valence-corrected chi connectivity index (χ3v) is 12.6. The molecule has 0 aromatic heterocycles. The molecule has 1 amide bonds. The van der Waals surface area contributed by atoms with E-state index in [9.17, 15) is 4.79 Å². The fourth-order valence-corrected chi connectivity index (χ4v) is 10.7. The van der Waals surface area contributed by atoms with Crippen LogP contribution in [0.25, 0.3) is 0 Å². The van der Waals surface area contributed by atoms with Gasteiger partial charge in [0.2, 0.25) is 0 Å². The quantitative estimate of drug-likeness (QED) is 0.366. The lowest BCUT2D eigenvalue weighted by atomic mass is 9.42. The topological polar surface area (TPSA) is 38.3 Å². The predicted molar refractivity (Wildman–Crippen MR) is 144 cm³/mol. The Labute approximate surface area is 216 Å². The van der Waals surface area contributed by atoms with Gasteiger partial charge >= 0.3 is 6.09 Å². The van der Waals surface area contributed by atoms with Gasteiger partial charge in [-0.1, -0.05) is 59.3 Å². The van der Waals surface area contributed by atoms with Crippen molar-refractivity contribution in [3.05, 3.63) is 0 Å². The summed E-state index contributed by atoms with van der Waals surface area (Å²) in [7, 11) is 0. The summed E-state index contributed by atoms with van der Waals surface area (Å²) in [6.07, 6.45) is 24.3. The van der Waals surface area contributed by atoms with Gasteiger partial charge in [0.1, 0.15) is 0 Å². The van der Waals surface area contributed by atoms with Crippen molar-refractivity contribution in [2.75, 3.05) is 6.61 Å². The largest absolute Gasteiger partial charge is 0.450 e. The van der Waals surface area contributed by atoms with Gasteiger partial charge < -0.3 is 10.1 Å². The van der Waals surface area contributed by atoms with E-state index < -0.39 is 0 Å². The highest BCUT2D eigenvalue weighted by molar-refractivity contribution is 5.67. The average molecular weight is 486 g/mol. The van der Waals surface area contributed by atoms with Crippen LogP contribution < -0.4 is 5.32 Å². The van der Waals surface area contributed by atoms with Gasteiger partial charge in [0, 0.05) is 6.04 Å². The number of nitrogens with one attached hydrogen (secondary N) is 1. The molecular weight excluding hydrogens is 430 g/mol. The van der Waals surface area contributed by atoms with Crippen LogP contribution in [0.2, 0.25) is 0 Å². The Kier molecular flexibility index (Phi) is 8.10. The maximum Gasteiger partial charge on any atom is 0.407 e. The standard InChI is InChI=1S/C32H55NO2/c1-4-23-22-26-28-17-16-24(12-9-11-21-35-30(34)33-25-13-6-5-7-14-25)31(28,2)20-18-29(26)32(3)19-10-8-15-27(23)32/h23-29H,4-22H2,1-3H3,(H,33,34)/t23-,24?,26?,27?,28?,29-,31?,32?/m0/s1. The Morgan fingerprint density at radius 1 is 0.829 bits per heavy atom. The first kappa shape index (κ1) is 25.9. The van der Waals surface area contributed by atoms with Gasteiger partial charge in [0.05, 0.1) is 6.61 Å². The monoisotopic (exact) mass is 485 g/mol. The summed E-state index contributed by atoms with van der Waals surface area (Å²) in [5.41, 5.74) is 1.20. The fourth-order valence-electron chi connectivity index (χ4n) is 10.7. The Bertz CT molecular complexity index is 716. The van der Waals surface area contributed by atoms with E-state index >= 15 is 0 Å². The number of carbonyl (C=O) groups excluding carboxylic acids is 1. The molecule has 200 valence electrons. The van der Waals surface area contributed by atoms with E-state index in [1.165, 1.54) is 89.9 Å². The van der Waals surface area contributed by atoms with Crippen molar-refractivity contribution in [2.24, 2.45) is 46.3 Å². The van der Waals surface area contributed by atoms with E-state index in [0.29, 0.717) is 23.5 Å². The average Bonchev–Trinajstić information content (AvgIpc) is 3.20. The Balaban J connectivity index is 1.11. The van der Waals surface area contributed by atoms with E-state index in [0.717, 1.165) is 54.8 Å². The molecule has 3 nitrogen and oxygen atoms in total. The number of fused-ring (bicyclic) bond motifs is 5. The molecule has 0 heterocycles. The van der Waals surface area contributed by atoms with Gasteiger partial charge in [-0.25, -0.2) is 4.79 Å². The molecule has 5 aliphatic rings. The maximum atomic E-state index is 12.1. The number of carbonyl (C=O) groups is 1. The number of unbranched alkanes of at least 4 members (excludes halogenated alkanes) is 1. The normalized spacial score (nSPS) is 43.6. The summed E-state index contributed by atoms with van der Waals surface area (Å²) in [4.78, 5) is 12.1. The molecule has 0 aliphatic heterocycles. The van der Waals surface area contributed by atoms with Crippen LogP contribution in [0.15, 0.2) is 0 Å². The summed E-state index contributed by atoms with van der Waals surface area (Å²) in [5, 5.41) is 3.09. The second-order valence-corrected chi connectivity index (χ2v) is 14.1. The minimum Gasteiger partial charge on any atom is -0.450 e. The summed E-state index contributed by atoms with van der Waals surface area (Å²) < 4.78 is 5.55. The summed E-state index contributed by atoms with van der Waals surface area (Å²) in [6, 6.07) is 0.347. The fraction of sp³-hybridized carbons (Fsp3) is 0.969. The van der Waals surface area contributed by atoms with E-state index in [1.807, 2.05) is 0 Å². The number of rotatable bonds is 7. The highest BCUT2D eigenvalue weighted by atomic mass is 16.5. The molecular formula is C32H55NO2. The molecule has 8 atom stereocenters. The van der Waals surface area contributed by atoms with Crippen LogP contribution in [0.5, 0.6) is 0 Å². The van der Waals surface area contributed by atoms with E-state index in [2.05, 4.69) is 26.1 Å². The van der Waals surface area contributed by atoms with Gasteiger partial charge in [-0.2, -0.15) is 0 Å². The number of ether oxygens (including phenoxy) is 1. The molecule has 0 spiro atoms. The molecule has 5 fully saturated rings. The van der Waals surface area contributed by atoms with Crippen LogP contribution in [-0.2, 0) is 4.74 Å². The number of amides is 1. The molecule has 5 rings (SSSR count). The van der Waals surface area contributed by atoms with Crippen LogP contribution in [-0.4, -0.2) is 18.7 Å². The molecule has 6 unspecified atom stereocenters. The van der Waals surface area contributed by atoms with Gasteiger partial charge in [0.25, 0.3) is 0 Å². The van der Waals surface area contributed by atoms with Crippen molar-refractivity contribution < 1.29 is 9.53 Å². The van der Waals surface area contributed by atoms with Crippen molar-refractivity contribution in [3.8, 4) is 0 Å². The Morgan fingerprint density at radius 3 is 2.40 bits per heavy atom. The van der Waals surface area contributed by atoms with E-state index in [-0.39, 0.29) is 6.09 Å². The van der Waals surface area contributed by atoms with Crippen LogP contribution in [0.3, 0.4) is 0 Å². The zero-order chi connectivity index (χ0) is 24.5. The molecule has 0 aromatic rings. The lowest BCUT2D eigenvalue weighted by molar-refractivity contribution is -0.135. The van der Waals surface area contributed by atoms with Crippen LogP contribution in [0.1, 0.15) is 136 Å². The van der Waals surface area contributed by atoms with Gasteiger partial charge in [-0.3, -0.25) is 0 Å². The molecule has 0 aromatic carbocycles. The minimum atomic E-state index is -0.180. The van der Waals surface area contributed by atoms with E-state index in [4.69, 9.17) is 4.74 Å². The molecule has 0 bridgehead atoms. The number of alkyl carbamates (subject to hydrolysis) is 1. The third kappa shape index (κ3) is 5.05. The predicted octanol–water partition coefficient (Wildman–Crippen LogP) is 8.90. The summed E-state index contributed by atoms with van der Waals surface area (Å²) in [5.74, 6) is 5.86. The molecule has 0 radical (unpaired) electrons. The van der Waals surface area contributed by atoms with Crippen molar-refractivity contribution >= 4 is 6.09 Å². The zero-order valence-corrected chi connectivity index (χ0v) is 23.3. The number of hydrogen-bond donors (Lipinski definition) is 1. The highest BCUT2D eigenvalue weighted by Gasteiger charge is 2.60.